The average molecular weight is 907 g/mol. The fourth-order valence-corrected chi connectivity index (χ4v) is 23.6. The summed E-state index contributed by atoms with van der Waals surface area (Å²) < 4.78 is 12.0. The minimum absolute atomic E-state index is 0.154. The molecule has 0 bridgehead atoms. The van der Waals surface area contributed by atoms with Crippen LogP contribution < -0.4 is 8.79 Å². The molecule has 0 fully saturated rings. The van der Waals surface area contributed by atoms with Crippen LogP contribution in [0.15, 0.2) is 24.3 Å². The van der Waals surface area contributed by atoms with Crippen molar-refractivity contribution in [2.24, 2.45) is 0 Å². The number of rotatable bonds is 21. The molecule has 6 rings (SSSR count). The van der Waals surface area contributed by atoms with Crippen molar-refractivity contribution in [3.63, 3.8) is 0 Å². The van der Waals surface area contributed by atoms with Gasteiger partial charge in [0.05, 0.1) is 0 Å². The van der Waals surface area contributed by atoms with Crippen molar-refractivity contribution in [1.29, 1.82) is 0 Å². The molecule has 2 heteroatoms. The fourth-order valence-electron chi connectivity index (χ4n) is 16.4. The summed E-state index contributed by atoms with van der Waals surface area (Å²) >= 11 is -2.98. The van der Waals surface area contributed by atoms with E-state index >= 15 is 0 Å². The van der Waals surface area contributed by atoms with Gasteiger partial charge in [0.1, 0.15) is 0 Å². The second-order valence-corrected chi connectivity index (χ2v) is 26.5. The Morgan fingerprint density at radius 3 is 0.742 bits per heavy atom. The second-order valence-electron chi connectivity index (χ2n) is 22.4. The molecular weight excluding hydrogens is 809 g/mol. The predicted molar refractivity (Wildman–Crippen MR) is 275 cm³/mol. The molecule has 0 heterocycles. The van der Waals surface area contributed by atoms with E-state index in [1.165, 1.54) is 134 Å². The van der Waals surface area contributed by atoms with Crippen LogP contribution in [0.5, 0.6) is 0 Å². The van der Waals surface area contributed by atoms with Gasteiger partial charge >= 0.3 is 392 Å². The maximum atomic E-state index is 8.32. The van der Waals surface area contributed by atoms with Crippen LogP contribution in [0.25, 0.3) is 0 Å². The van der Waals surface area contributed by atoms with Crippen LogP contribution in [0.2, 0.25) is 0 Å². The van der Waals surface area contributed by atoms with Crippen molar-refractivity contribution in [2.45, 2.75) is 289 Å². The summed E-state index contributed by atoms with van der Waals surface area (Å²) in [6.07, 6.45) is 24.7. The Kier molecular flexibility index (Phi) is 14.6. The third-order valence-corrected chi connectivity index (χ3v) is 26.4. The topological polar surface area (TPSA) is 9.23 Å². The summed E-state index contributed by atoms with van der Waals surface area (Å²) in [5, 5.41) is 0. The first-order valence-corrected chi connectivity index (χ1v) is 30.1. The van der Waals surface area contributed by atoms with Crippen LogP contribution >= 0.6 is 0 Å². The monoisotopic (exact) mass is 908 g/mol. The predicted octanol–water partition coefficient (Wildman–Crippen LogP) is 16.5. The van der Waals surface area contributed by atoms with Gasteiger partial charge in [0.15, 0.2) is 0 Å². The minimum atomic E-state index is -2.98. The van der Waals surface area contributed by atoms with Crippen LogP contribution in [-0.2, 0) is 47.1 Å². The average Bonchev–Trinajstić information content (AvgIpc) is 3.99. The number of hydrogen-bond donors (Lipinski definition) is 0. The van der Waals surface area contributed by atoms with Gasteiger partial charge in [-0.15, -0.1) is 0 Å². The Morgan fingerprint density at radius 1 is 0.387 bits per heavy atom. The molecule has 4 aliphatic rings. The first-order chi connectivity index (χ1) is 29.5. The van der Waals surface area contributed by atoms with E-state index in [4.69, 9.17) is 3.76 Å². The molecule has 0 spiro atoms. The summed E-state index contributed by atoms with van der Waals surface area (Å²) in [7, 11) is 0. The Balaban J connectivity index is 2.03. The molecular formula is C60H97GeO. The summed E-state index contributed by atoms with van der Waals surface area (Å²) in [5.74, 6) is 0. The molecule has 0 unspecified atom stereocenters. The number of fused-ring (bicyclic) bond motifs is 4. The zero-order chi connectivity index (χ0) is 45.9. The van der Waals surface area contributed by atoms with Gasteiger partial charge in [0, 0.05) is 0 Å². The van der Waals surface area contributed by atoms with Crippen LogP contribution in [0.1, 0.15) is 291 Å². The van der Waals surface area contributed by atoms with Crippen LogP contribution in [-0.4, -0.2) is 21.3 Å². The molecule has 1 nitrogen and oxygen atoms in total. The molecule has 347 valence electrons. The first-order valence-electron chi connectivity index (χ1n) is 27.2. The zero-order valence-electron chi connectivity index (χ0n) is 44.1. The number of hydrogen-bond acceptors (Lipinski definition) is 1. The molecule has 2 aromatic carbocycles. The first kappa shape index (κ1) is 50.1. The van der Waals surface area contributed by atoms with E-state index in [1.54, 1.807) is 22.3 Å². The molecule has 4 aliphatic carbocycles. The van der Waals surface area contributed by atoms with Crippen molar-refractivity contribution in [3.05, 3.63) is 68.8 Å². The Morgan fingerprint density at radius 2 is 0.581 bits per heavy atom. The van der Waals surface area contributed by atoms with Crippen molar-refractivity contribution in [3.8, 4) is 0 Å². The Bertz CT molecular complexity index is 1670. The van der Waals surface area contributed by atoms with Gasteiger partial charge in [0.25, 0.3) is 0 Å². The van der Waals surface area contributed by atoms with Crippen LogP contribution in [0.4, 0.5) is 0 Å². The van der Waals surface area contributed by atoms with E-state index in [0.717, 1.165) is 0 Å². The third kappa shape index (κ3) is 6.62. The van der Waals surface area contributed by atoms with Crippen molar-refractivity contribution < 1.29 is 3.76 Å². The molecule has 0 aromatic heterocycles. The zero-order valence-corrected chi connectivity index (χ0v) is 46.2. The van der Waals surface area contributed by atoms with Gasteiger partial charge in [0.2, 0.25) is 0 Å². The Labute approximate surface area is 390 Å². The van der Waals surface area contributed by atoms with Crippen molar-refractivity contribution >= 4 is 23.5 Å². The summed E-state index contributed by atoms with van der Waals surface area (Å²) in [5.41, 5.74) is 17.0. The molecule has 0 aliphatic heterocycles. The molecule has 0 N–H and O–H groups in total. The third-order valence-electron chi connectivity index (χ3n) is 21.5. The van der Waals surface area contributed by atoms with Gasteiger partial charge in [-0.05, 0) is 0 Å². The number of benzene rings is 2. The molecule has 62 heavy (non-hydrogen) atoms. The van der Waals surface area contributed by atoms with E-state index < -0.39 is 14.7 Å². The van der Waals surface area contributed by atoms with Crippen LogP contribution in [0, 0.1) is 0 Å². The molecule has 1 radical (unpaired) electrons. The summed E-state index contributed by atoms with van der Waals surface area (Å²) in [4.78, 5) is 0. The van der Waals surface area contributed by atoms with E-state index in [0.29, 0.717) is 6.61 Å². The van der Waals surface area contributed by atoms with Crippen molar-refractivity contribution in [2.75, 3.05) is 6.61 Å². The molecule has 0 amide bonds. The SMILES string of the molecule is C=C(C)C[O][Ge]([c]1c2c(cc3c1C(CC)(CC)CC3(CC)CC)C(CC)(CC)CC2(CC)CC)[c]1c2c(cc3c1C(CC)(CC)CC3(CC)CC)C(CC)(CC)CC2(CC)CC. The molecule has 0 atom stereocenters. The quantitative estimate of drug-likeness (QED) is 0.0896. The Hall–Kier alpha value is -1.32. The standard InChI is InChI=1S/C60H97GeO/c1-19-53(20-2)38-57(27-9,28-10)47-43(53)35-44-48(58(29-11,30-12)39-54(44,21-3)22-4)51(47)61(62-37-42(17)18)52-49-45(55(23-5,24-6)40-59(49,31-13)32-14)36-46-50(52)60(33-15,34-16)41-56(46,25-7)26-8/h35-36H,17,19-34,37-41H2,1-16,18H3. The van der Waals surface area contributed by atoms with Gasteiger partial charge < -0.3 is 0 Å². The fraction of sp³-hybridized carbons (Fsp3) is 0.767. The van der Waals surface area contributed by atoms with E-state index in [1.807, 2.05) is 31.0 Å². The van der Waals surface area contributed by atoms with Gasteiger partial charge in [-0.1, -0.05) is 0 Å². The van der Waals surface area contributed by atoms with Crippen LogP contribution in [0.3, 0.4) is 0 Å². The summed E-state index contributed by atoms with van der Waals surface area (Å²) in [6, 6.07) is 5.87. The van der Waals surface area contributed by atoms with E-state index in [9.17, 15) is 0 Å². The maximum absolute atomic E-state index is 8.32. The molecule has 0 saturated heterocycles. The molecule has 0 saturated carbocycles. The van der Waals surface area contributed by atoms with Gasteiger partial charge in [-0.2, -0.15) is 0 Å². The van der Waals surface area contributed by atoms with Crippen molar-refractivity contribution in [1.82, 2.24) is 0 Å². The second kappa shape index (κ2) is 18.1. The van der Waals surface area contributed by atoms with Gasteiger partial charge in [-0.25, -0.2) is 0 Å². The van der Waals surface area contributed by atoms with E-state index in [-0.39, 0.29) is 43.3 Å². The normalized spacial score (nSPS) is 22.2. The molecule has 2 aromatic rings. The summed E-state index contributed by atoms with van der Waals surface area (Å²) in [6.45, 7) is 48.5. The van der Waals surface area contributed by atoms with E-state index in [2.05, 4.69) is 136 Å². The van der Waals surface area contributed by atoms with Gasteiger partial charge in [-0.3, -0.25) is 0 Å².